The van der Waals surface area contributed by atoms with Gasteiger partial charge in [-0.05, 0) is 84.3 Å². The van der Waals surface area contributed by atoms with Gasteiger partial charge < -0.3 is 0 Å². The van der Waals surface area contributed by atoms with Gasteiger partial charge in [0.05, 0.1) is 0 Å². The van der Waals surface area contributed by atoms with Crippen molar-refractivity contribution < 1.29 is 0 Å². The molecule has 0 radical (unpaired) electrons. The van der Waals surface area contributed by atoms with Crippen molar-refractivity contribution >= 4 is 21.5 Å². The van der Waals surface area contributed by atoms with Crippen LogP contribution in [0.3, 0.4) is 0 Å². The molecule has 0 atom stereocenters. The highest BCUT2D eigenvalue weighted by Gasteiger charge is 2.43. The van der Waals surface area contributed by atoms with Crippen LogP contribution in [0.5, 0.6) is 0 Å². The summed E-state index contributed by atoms with van der Waals surface area (Å²) < 4.78 is 1.17. The zero-order valence-electron chi connectivity index (χ0n) is 13.5. The highest BCUT2D eigenvalue weighted by molar-refractivity contribution is 9.10. The Labute approximate surface area is 147 Å². The van der Waals surface area contributed by atoms with Gasteiger partial charge in [0.15, 0.2) is 0 Å². The Morgan fingerprint density at radius 1 is 1.04 bits per heavy atom. The molecule has 2 aromatic carbocycles. The monoisotopic (exact) mass is 366 g/mol. The van der Waals surface area contributed by atoms with Crippen molar-refractivity contribution in [3.63, 3.8) is 0 Å². The summed E-state index contributed by atoms with van der Waals surface area (Å²) >= 11 is 3.61. The topological polar surface area (TPSA) is 0 Å². The molecular formula is C22H23Br. The number of hydrogen-bond donors (Lipinski definition) is 0. The largest absolute Gasteiger partial charge is 0.0946 e. The SMILES string of the molecule is C=C1c2cc(Br)ccc2CC12CCC(Cc1ccccc1)CC2. The van der Waals surface area contributed by atoms with Crippen molar-refractivity contribution in [2.45, 2.75) is 38.5 Å². The molecular weight excluding hydrogens is 344 g/mol. The molecule has 118 valence electrons. The van der Waals surface area contributed by atoms with E-state index in [1.807, 2.05) is 0 Å². The van der Waals surface area contributed by atoms with Gasteiger partial charge in [0.1, 0.15) is 0 Å². The second-order valence-electron chi connectivity index (χ2n) is 7.37. The first-order valence-electron chi connectivity index (χ1n) is 8.68. The van der Waals surface area contributed by atoms with E-state index >= 15 is 0 Å². The van der Waals surface area contributed by atoms with E-state index < -0.39 is 0 Å². The number of fused-ring (bicyclic) bond motifs is 1. The van der Waals surface area contributed by atoms with Crippen LogP contribution in [0.15, 0.2) is 59.6 Å². The van der Waals surface area contributed by atoms with Crippen LogP contribution in [0.4, 0.5) is 0 Å². The molecule has 0 bridgehead atoms. The van der Waals surface area contributed by atoms with E-state index in [0.29, 0.717) is 5.41 Å². The van der Waals surface area contributed by atoms with E-state index in [-0.39, 0.29) is 0 Å². The van der Waals surface area contributed by atoms with Gasteiger partial charge in [-0.3, -0.25) is 0 Å². The zero-order chi connectivity index (χ0) is 15.9. The van der Waals surface area contributed by atoms with Crippen molar-refractivity contribution in [1.82, 2.24) is 0 Å². The number of rotatable bonds is 2. The van der Waals surface area contributed by atoms with Crippen molar-refractivity contribution in [1.29, 1.82) is 0 Å². The molecule has 0 aromatic heterocycles. The molecule has 0 N–H and O–H groups in total. The molecule has 23 heavy (non-hydrogen) atoms. The lowest BCUT2D eigenvalue weighted by Crippen LogP contribution is -2.28. The smallest absolute Gasteiger partial charge is 0.0181 e. The van der Waals surface area contributed by atoms with Crippen LogP contribution in [0.25, 0.3) is 5.57 Å². The lowest BCUT2D eigenvalue weighted by Gasteiger charge is -2.38. The third-order valence-corrected chi connectivity index (χ3v) is 6.49. The van der Waals surface area contributed by atoms with Crippen LogP contribution in [-0.2, 0) is 12.8 Å². The van der Waals surface area contributed by atoms with Crippen molar-refractivity contribution in [2.24, 2.45) is 11.3 Å². The fraction of sp³-hybridized carbons (Fsp3) is 0.364. The summed E-state index contributed by atoms with van der Waals surface area (Å²) in [4.78, 5) is 0. The average molecular weight is 367 g/mol. The van der Waals surface area contributed by atoms with Gasteiger partial charge in [-0.1, -0.05) is 58.9 Å². The zero-order valence-corrected chi connectivity index (χ0v) is 15.1. The normalized spacial score (nSPS) is 26.5. The van der Waals surface area contributed by atoms with Crippen LogP contribution in [0, 0.1) is 11.3 Å². The summed E-state index contributed by atoms with van der Waals surface area (Å²) in [6, 6.07) is 17.7. The molecule has 0 amide bonds. The molecule has 0 aliphatic heterocycles. The molecule has 2 aromatic rings. The third-order valence-electron chi connectivity index (χ3n) is 6.00. The van der Waals surface area contributed by atoms with Crippen LogP contribution in [0.2, 0.25) is 0 Å². The average Bonchev–Trinajstić information content (AvgIpc) is 2.83. The van der Waals surface area contributed by atoms with Gasteiger partial charge in [-0.15, -0.1) is 0 Å². The van der Waals surface area contributed by atoms with E-state index in [1.54, 1.807) is 0 Å². The predicted octanol–water partition coefficient (Wildman–Crippen LogP) is 6.44. The Hall–Kier alpha value is -1.34. The quantitative estimate of drug-likeness (QED) is 0.573. The molecule has 1 spiro atoms. The van der Waals surface area contributed by atoms with Gasteiger partial charge >= 0.3 is 0 Å². The highest BCUT2D eigenvalue weighted by Crippen LogP contribution is 2.55. The van der Waals surface area contributed by atoms with Crippen molar-refractivity contribution in [3.8, 4) is 0 Å². The number of benzene rings is 2. The molecule has 2 aliphatic rings. The van der Waals surface area contributed by atoms with E-state index in [0.717, 1.165) is 5.92 Å². The van der Waals surface area contributed by atoms with Crippen LogP contribution in [0.1, 0.15) is 42.4 Å². The number of allylic oxidation sites excluding steroid dienone is 1. The second kappa shape index (κ2) is 5.94. The maximum absolute atomic E-state index is 4.50. The van der Waals surface area contributed by atoms with E-state index in [9.17, 15) is 0 Å². The van der Waals surface area contributed by atoms with Gasteiger partial charge in [-0.25, -0.2) is 0 Å². The Bertz CT molecular complexity index is 721. The molecule has 1 heteroatoms. The van der Waals surface area contributed by atoms with E-state index in [1.165, 1.54) is 65.3 Å². The molecule has 0 unspecified atom stereocenters. The fourth-order valence-corrected chi connectivity index (χ4v) is 4.96. The minimum atomic E-state index is 0.344. The van der Waals surface area contributed by atoms with Crippen LogP contribution in [-0.4, -0.2) is 0 Å². The predicted molar refractivity (Wildman–Crippen MR) is 101 cm³/mol. The summed E-state index contributed by atoms with van der Waals surface area (Å²) in [6.45, 7) is 4.50. The highest BCUT2D eigenvalue weighted by atomic mass is 79.9. The van der Waals surface area contributed by atoms with E-state index in [4.69, 9.17) is 0 Å². The van der Waals surface area contributed by atoms with Gasteiger partial charge in [0.2, 0.25) is 0 Å². The Balaban J connectivity index is 1.47. The first kappa shape index (κ1) is 15.2. The maximum Gasteiger partial charge on any atom is 0.0181 e. The summed E-state index contributed by atoms with van der Waals surface area (Å²) in [5, 5.41) is 0. The maximum atomic E-state index is 4.50. The summed E-state index contributed by atoms with van der Waals surface area (Å²) in [7, 11) is 0. The van der Waals surface area contributed by atoms with Gasteiger partial charge in [0.25, 0.3) is 0 Å². The summed E-state index contributed by atoms with van der Waals surface area (Å²) in [6.07, 6.45) is 7.71. The first-order chi connectivity index (χ1) is 11.2. The van der Waals surface area contributed by atoms with Crippen LogP contribution < -0.4 is 0 Å². The van der Waals surface area contributed by atoms with E-state index in [2.05, 4.69) is 71.0 Å². The summed E-state index contributed by atoms with van der Waals surface area (Å²) in [5.41, 5.74) is 6.13. The molecule has 4 rings (SSSR count). The Morgan fingerprint density at radius 3 is 2.52 bits per heavy atom. The lowest BCUT2D eigenvalue weighted by atomic mass is 9.66. The molecule has 0 saturated heterocycles. The Morgan fingerprint density at radius 2 is 1.78 bits per heavy atom. The summed E-state index contributed by atoms with van der Waals surface area (Å²) in [5.74, 6) is 0.839. The minimum Gasteiger partial charge on any atom is -0.0946 e. The van der Waals surface area contributed by atoms with Gasteiger partial charge in [-0.2, -0.15) is 0 Å². The Kier molecular flexibility index (Phi) is 3.93. The van der Waals surface area contributed by atoms with Crippen molar-refractivity contribution in [3.05, 3.63) is 76.3 Å². The minimum absolute atomic E-state index is 0.344. The van der Waals surface area contributed by atoms with Crippen LogP contribution >= 0.6 is 15.9 Å². The lowest BCUT2D eigenvalue weighted by molar-refractivity contribution is 0.217. The molecule has 0 heterocycles. The first-order valence-corrected chi connectivity index (χ1v) is 9.48. The molecule has 1 fully saturated rings. The molecule has 0 nitrogen and oxygen atoms in total. The number of hydrogen-bond acceptors (Lipinski definition) is 0. The molecule has 1 saturated carbocycles. The standard InChI is InChI=1S/C22H23Br/c1-16-21-14-20(23)8-7-19(21)15-22(16)11-9-18(10-12-22)13-17-5-3-2-4-6-17/h2-8,14,18H,1,9-13,15H2. The van der Waals surface area contributed by atoms with Crippen molar-refractivity contribution in [2.75, 3.05) is 0 Å². The number of halogens is 1. The fourth-order valence-electron chi connectivity index (χ4n) is 4.60. The third kappa shape index (κ3) is 2.80. The van der Waals surface area contributed by atoms with Gasteiger partial charge in [0, 0.05) is 4.47 Å². The second-order valence-corrected chi connectivity index (χ2v) is 8.29. The molecule has 2 aliphatic carbocycles.